The predicted molar refractivity (Wildman–Crippen MR) is 132 cm³/mol. The lowest BCUT2D eigenvalue weighted by Crippen LogP contribution is -2.21. The predicted octanol–water partition coefficient (Wildman–Crippen LogP) is 4.92. The fraction of sp³-hybridized carbons (Fsp3) is 0.174. The highest BCUT2D eigenvalue weighted by atomic mass is 32.2. The summed E-state index contributed by atoms with van der Waals surface area (Å²) in [4.78, 5) is 42.5. The van der Waals surface area contributed by atoms with Gasteiger partial charge in [0.25, 0.3) is 11.2 Å². The molecule has 0 saturated carbocycles. The van der Waals surface area contributed by atoms with E-state index in [1.165, 1.54) is 22.0 Å². The third-order valence-corrected chi connectivity index (χ3v) is 7.41. The minimum Gasteiger partial charge on any atom is -0.319 e. The third kappa shape index (κ3) is 4.53. The van der Waals surface area contributed by atoms with E-state index in [-0.39, 0.29) is 22.7 Å². The van der Waals surface area contributed by atoms with E-state index in [0.29, 0.717) is 20.9 Å². The number of carbonyl (C=O) groups is 1. The molecule has 0 aliphatic rings. The van der Waals surface area contributed by atoms with Crippen molar-refractivity contribution in [3.05, 3.63) is 80.1 Å². The second kappa shape index (κ2) is 9.16. The summed E-state index contributed by atoms with van der Waals surface area (Å²) >= 11 is 2.53. The number of hydrogen-bond acceptors (Lipinski definition) is 7. The SMILES string of the molecule is Cc1ccc([N+](=O)[O-])c(NC(=O)CSc2nc3sc(-c4ccccc4)cc3c(=O)n2C)c1C. The average Bonchev–Trinajstić information content (AvgIpc) is 3.23. The van der Waals surface area contributed by atoms with Gasteiger partial charge < -0.3 is 5.32 Å². The molecule has 0 saturated heterocycles. The molecule has 0 aliphatic carbocycles. The van der Waals surface area contributed by atoms with Crippen LogP contribution in [0.1, 0.15) is 11.1 Å². The summed E-state index contributed by atoms with van der Waals surface area (Å²) in [5.74, 6) is -0.463. The molecule has 0 fully saturated rings. The Kier molecular flexibility index (Phi) is 6.30. The molecule has 4 aromatic rings. The topological polar surface area (TPSA) is 107 Å². The second-order valence-corrected chi connectivity index (χ2v) is 9.42. The first-order chi connectivity index (χ1) is 15.8. The molecule has 33 heavy (non-hydrogen) atoms. The van der Waals surface area contributed by atoms with Crippen LogP contribution in [-0.4, -0.2) is 26.1 Å². The van der Waals surface area contributed by atoms with Gasteiger partial charge in [-0.3, -0.25) is 24.3 Å². The van der Waals surface area contributed by atoms with Gasteiger partial charge in [-0.05, 0) is 36.6 Å². The zero-order chi connectivity index (χ0) is 23.7. The third-order valence-electron chi connectivity index (χ3n) is 5.30. The first kappa shape index (κ1) is 22.7. The highest BCUT2D eigenvalue weighted by Crippen LogP contribution is 2.33. The molecular formula is C23H20N4O4S2. The van der Waals surface area contributed by atoms with Gasteiger partial charge >= 0.3 is 0 Å². The lowest BCUT2D eigenvalue weighted by Gasteiger charge is -2.11. The summed E-state index contributed by atoms with van der Waals surface area (Å²) in [6.45, 7) is 3.55. The summed E-state index contributed by atoms with van der Waals surface area (Å²) in [7, 11) is 1.62. The normalized spacial score (nSPS) is 11.0. The van der Waals surface area contributed by atoms with Crippen LogP contribution in [0.4, 0.5) is 11.4 Å². The van der Waals surface area contributed by atoms with Crippen molar-refractivity contribution >= 4 is 50.6 Å². The quantitative estimate of drug-likeness (QED) is 0.182. The van der Waals surface area contributed by atoms with Crippen LogP contribution in [0.25, 0.3) is 20.7 Å². The molecule has 0 radical (unpaired) electrons. The zero-order valence-electron chi connectivity index (χ0n) is 18.1. The van der Waals surface area contributed by atoms with Gasteiger partial charge in [0.05, 0.1) is 16.1 Å². The van der Waals surface area contributed by atoms with Crippen LogP contribution in [0.5, 0.6) is 0 Å². The number of carbonyl (C=O) groups excluding carboxylic acids is 1. The van der Waals surface area contributed by atoms with Gasteiger partial charge in [-0.15, -0.1) is 11.3 Å². The molecule has 0 aliphatic heterocycles. The van der Waals surface area contributed by atoms with Crippen LogP contribution in [0, 0.1) is 24.0 Å². The van der Waals surface area contributed by atoms with E-state index in [2.05, 4.69) is 10.3 Å². The molecule has 168 valence electrons. The van der Waals surface area contributed by atoms with Crippen molar-refractivity contribution in [3.8, 4) is 10.4 Å². The Morgan fingerprint density at radius 2 is 1.94 bits per heavy atom. The van der Waals surface area contributed by atoms with Gasteiger partial charge in [0.1, 0.15) is 10.5 Å². The molecule has 2 heterocycles. The van der Waals surface area contributed by atoms with Crippen LogP contribution in [0.2, 0.25) is 0 Å². The largest absolute Gasteiger partial charge is 0.319 e. The van der Waals surface area contributed by atoms with E-state index in [1.54, 1.807) is 20.0 Å². The van der Waals surface area contributed by atoms with Gasteiger partial charge in [-0.2, -0.15) is 0 Å². The molecule has 0 spiro atoms. The van der Waals surface area contributed by atoms with Gasteiger partial charge in [0.15, 0.2) is 5.16 Å². The monoisotopic (exact) mass is 480 g/mol. The van der Waals surface area contributed by atoms with E-state index < -0.39 is 10.8 Å². The Labute approximate surface area is 197 Å². The van der Waals surface area contributed by atoms with E-state index in [9.17, 15) is 19.7 Å². The molecule has 0 atom stereocenters. The molecule has 2 aromatic carbocycles. The van der Waals surface area contributed by atoms with Crippen LogP contribution >= 0.6 is 23.1 Å². The number of aromatic nitrogens is 2. The van der Waals surface area contributed by atoms with Crippen LogP contribution in [-0.2, 0) is 11.8 Å². The molecule has 1 amide bonds. The zero-order valence-corrected chi connectivity index (χ0v) is 19.8. The van der Waals surface area contributed by atoms with Crippen molar-refractivity contribution < 1.29 is 9.72 Å². The molecule has 10 heteroatoms. The van der Waals surface area contributed by atoms with Gasteiger partial charge in [0, 0.05) is 18.0 Å². The van der Waals surface area contributed by atoms with Gasteiger partial charge in [0.2, 0.25) is 5.91 Å². The molecule has 1 N–H and O–H groups in total. The smallest absolute Gasteiger partial charge is 0.293 e. The maximum absolute atomic E-state index is 12.9. The minimum atomic E-state index is -0.518. The summed E-state index contributed by atoms with van der Waals surface area (Å²) < 4.78 is 1.42. The fourth-order valence-corrected chi connectivity index (χ4v) is 5.19. The summed E-state index contributed by atoms with van der Waals surface area (Å²) in [6.07, 6.45) is 0. The second-order valence-electron chi connectivity index (χ2n) is 7.45. The maximum atomic E-state index is 12.9. The molecule has 2 aromatic heterocycles. The van der Waals surface area contributed by atoms with Crippen molar-refractivity contribution in [1.29, 1.82) is 0 Å². The van der Waals surface area contributed by atoms with Crippen molar-refractivity contribution in [2.45, 2.75) is 19.0 Å². The molecule has 0 bridgehead atoms. The average molecular weight is 481 g/mol. The number of hydrogen-bond donors (Lipinski definition) is 1. The Morgan fingerprint density at radius 1 is 1.21 bits per heavy atom. The highest BCUT2D eigenvalue weighted by molar-refractivity contribution is 7.99. The van der Waals surface area contributed by atoms with E-state index in [4.69, 9.17) is 0 Å². The number of nitro benzene ring substituents is 1. The number of benzene rings is 2. The Morgan fingerprint density at radius 3 is 2.64 bits per heavy atom. The number of rotatable bonds is 6. The number of thioether (sulfide) groups is 1. The molecule has 0 unspecified atom stereocenters. The van der Waals surface area contributed by atoms with Crippen molar-refractivity contribution in [2.75, 3.05) is 11.1 Å². The number of nitrogens with one attached hydrogen (secondary N) is 1. The summed E-state index contributed by atoms with van der Waals surface area (Å²) in [5.41, 5.74) is 2.33. The van der Waals surface area contributed by atoms with Gasteiger partial charge in [-0.1, -0.05) is 48.2 Å². The number of nitro groups is 1. The first-order valence-corrected chi connectivity index (χ1v) is 11.8. The van der Waals surface area contributed by atoms with Crippen molar-refractivity contribution in [2.24, 2.45) is 7.05 Å². The highest BCUT2D eigenvalue weighted by Gasteiger charge is 2.20. The standard InChI is InChI=1S/C23H20N4O4S2/c1-13-9-10-17(27(30)31)20(14(13)2)24-19(28)12-32-23-25-21-16(22(29)26(23)3)11-18(33-21)15-7-5-4-6-8-15/h4-11H,12H2,1-3H3,(H,24,28). The Bertz CT molecular complexity index is 1440. The van der Waals surface area contributed by atoms with E-state index >= 15 is 0 Å². The molecular weight excluding hydrogens is 460 g/mol. The minimum absolute atomic E-state index is 0.0484. The number of anilines is 1. The van der Waals surface area contributed by atoms with Crippen LogP contribution in [0.3, 0.4) is 0 Å². The van der Waals surface area contributed by atoms with E-state index in [1.807, 2.05) is 43.3 Å². The Balaban J connectivity index is 1.57. The maximum Gasteiger partial charge on any atom is 0.293 e. The van der Waals surface area contributed by atoms with Crippen molar-refractivity contribution in [3.63, 3.8) is 0 Å². The summed E-state index contributed by atoms with van der Waals surface area (Å²) in [5, 5.41) is 14.9. The van der Waals surface area contributed by atoms with Crippen molar-refractivity contribution in [1.82, 2.24) is 9.55 Å². The lowest BCUT2D eigenvalue weighted by molar-refractivity contribution is -0.384. The number of aryl methyl sites for hydroxylation is 1. The summed E-state index contributed by atoms with van der Waals surface area (Å²) in [6, 6.07) is 14.6. The first-order valence-electron chi connectivity index (χ1n) is 9.99. The molecule has 8 nitrogen and oxygen atoms in total. The number of amides is 1. The van der Waals surface area contributed by atoms with E-state index in [0.717, 1.165) is 27.8 Å². The fourth-order valence-electron chi connectivity index (χ4n) is 3.34. The number of fused-ring (bicyclic) bond motifs is 1. The Hall–Kier alpha value is -3.50. The number of thiophene rings is 1. The van der Waals surface area contributed by atoms with Crippen LogP contribution in [0.15, 0.2) is 58.5 Å². The van der Waals surface area contributed by atoms with Crippen LogP contribution < -0.4 is 10.9 Å². The molecule has 4 rings (SSSR count). The van der Waals surface area contributed by atoms with Gasteiger partial charge in [-0.25, -0.2) is 4.98 Å². The lowest BCUT2D eigenvalue weighted by atomic mass is 10.1. The number of nitrogens with zero attached hydrogens (tertiary/aromatic N) is 3.